The van der Waals surface area contributed by atoms with Crippen molar-refractivity contribution in [2.24, 2.45) is 7.05 Å². The Labute approximate surface area is 180 Å². The summed E-state index contributed by atoms with van der Waals surface area (Å²) in [6.45, 7) is 2.01. The van der Waals surface area contributed by atoms with Crippen LogP contribution in [0.4, 0.5) is 5.69 Å². The summed E-state index contributed by atoms with van der Waals surface area (Å²) < 4.78 is 3.63. The first kappa shape index (κ1) is 19.0. The molecule has 3 heterocycles. The lowest BCUT2D eigenvalue weighted by Crippen LogP contribution is -2.08. The number of fused-ring (bicyclic) bond motifs is 1. The summed E-state index contributed by atoms with van der Waals surface area (Å²) in [7, 11) is 5.99. The molecule has 154 valence electrons. The predicted molar refractivity (Wildman–Crippen MR) is 123 cm³/mol. The first-order valence-electron chi connectivity index (χ1n) is 10.1. The van der Waals surface area contributed by atoms with Gasteiger partial charge in [-0.15, -0.1) is 10.2 Å². The molecule has 0 bridgehead atoms. The molecule has 7 nitrogen and oxygen atoms in total. The van der Waals surface area contributed by atoms with E-state index in [0.717, 1.165) is 39.1 Å². The highest BCUT2D eigenvalue weighted by Crippen LogP contribution is 2.21. The number of aromatic nitrogens is 6. The molecule has 2 aromatic carbocycles. The fourth-order valence-electron chi connectivity index (χ4n) is 3.61. The topological polar surface area (TPSA) is 64.1 Å². The summed E-state index contributed by atoms with van der Waals surface area (Å²) in [6.07, 6.45) is 2.12. The van der Waals surface area contributed by atoms with Gasteiger partial charge in [0.2, 0.25) is 5.82 Å². The van der Waals surface area contributed by atoms with Gasteiger partial charge in [-0.05, 0) is 36.8 Å². The molecule has 31 heavy (non-hydrogen) atoms. The number of aryl methyl sites for hydroxylation is 2. The van der Waals surface area contributed by atoms with Gasteiger partial charge in [-0.3, -0.25) is 4.68 Å². The van der Waals surface area contributed by atoms with Crippen LogP contribution in [0.5, 0.6) is 0 Å². The zero-order valence-electron chi connectivity index (χ0n) is 18.0. The summed E-state index contributed by atoms with van der Waals surface area (Å²) in [6, 6.07) is 20.6. The Morgan fingerprint density at radius 3 is 2.29 bits per heavy atom. The first-order chi connectivity index (χ1) is 15.0. The van der Waals surface area contributed by atoms with E-state index in [4.69, 9.17) is 5.10 Å². The van der Waals surface area contributed by atoms with Crippen molar-refractivity contribution in [2.75, 3.05) is 19.0 Å². The average Bonchev–Trinajstić information content (AvgIpc) is 3.44. The predicted octanol–water partition coefficient (Wildman–Crippen LogP) is 3.11. The van der Waals surface area contributed by atoms with Crippen molar-refractivity contribution < 1.29 is 0 Å². The van der Waals surface area contributed by atoms with Crippen LogP contribution in [0.25, 0.3) is 34.5 Å². The molecule has 0 atom stereocenters. The molecular formula is C24H23N7. The van der Waals surface area contributed by atoms with Gasteiger partial charge in [-0.25, -0.2) is 0 Å². The monoisotopic (exact) mass is 409 g/mol. The molecular weight excluding hydrogens is 386 g/mol. The van der Waals surface area contributed by atoms with Crippen molar-refractivity contribution in [3.8, 4) is 22.8 Å². The molecule has 7 heteroatoms. The number of hydrogen-bond donors (Lipinski definition) is 0. The Morgan fingerprint density at radius 1 is 0.903 bits per heavy atom. The van der Waals surface area contributed by atoms with E-state index in [-0.39, 0.29) is 0 Å². The SMILES string of the molecule is Cc1cc(-c2nnc3c(=Cc4ccc(N(C)C)cc4)c(-c4ccccc4)nn23)nn1C. The summed E-state index contributed by atoms with van der Waals surface area (Å²) in [5, 5.41) is 19.3. The third kappa shape index (κ3) is 3.34. The van der Waals surface area contributed by atoms with Gasteiger partial charge < -0.3 is 4.90 Å². The smallest absolute Gasteiger partial charge is 0.205 e. The van der Waals surface area contributed by atoms with Crippen LogP contribution in [0.1, 0.15) is 11.3 Å². The molecule has 0 fully saturated rings. The summed E-state index contributed by atoms with van der Waals surface area (Å²) >= 11 is 0. The van der Waals surface area contributed by atoms with Crippen LogP contribution in [0.3, 0.4) is 0 Å². The lowest BCUT2D eigenvalue weighted by atomic mass is 10.1. The van der Waals surface area contributed by atoms with Gasteiger partial charge in [0, 0.05) is 43.3 Å². The second kappa shape index (κ2) is 7.36. The van der Waals surface area contributed by atoms with Gasteiger partial charge >= 0.3 is 0 Å². The number of hydrogen-bond acceptors (Lipinski definition) is 5. The standard InChI is InChI=1S/C24H23N7/c1-16-14-21(27-30(16)4)24-26-25-23-20(15-17-10-12-19(13-11-17)29(2)3)22(28-31(23)24)18-8-6-5-7-9-18/h5-15H,1-4H3. The Hall–Kier alpha value is -4.00. The van der Waals surface area contributed by atoms with E-state index < -0.39 is 0 Å². The molecule has 0 amide bonds. The van der Waals surface area contributed by atoms with Gasteiger partial charge in [0.1, 0.15) is 11.4 Å². The summed E-state index contributed by atoms with van der Waals surface area (Å²) in [5.74, 6) is 0.637. The number of rotatable bonds is 4. The van der Waals surface area contributed by atoms with E-state index in [9.17, 15) is 0 Å². The van der Waals surface area contributed by atoms with Gasteiger partial charge in [-0.2, -0.15) is 14.7 Å². The molecule has 0 unspecified atom stereocenters. The number of benzene rings is 2. The Kier molecular flexibility index (Phi) is 4.51. The highest BCUT2D eigenvalue weighted by Gasteiger charge is 2.18. The van der Waals surface area contributed by atoms with E-state index in [1.54, 1.807) is 4.52 Å². The van der Waals surface area contributed by atoms with Crippen LogP contribution < -0.4 is 10.1 Å². The van der Waals surface area contributed by atoms with Crippen molar-refractivity contribution in [1.82, 2.24) is 29.6 Å². The maximum atomic E-state index is 4.90. The molecule has 0 aliphatic heterocycles. The van der Waals surface area contributed by atoms with E-state index in [2.05, 4.69) is 62.7 Å². The maximum Gasteiger partial charge on any atom is 0.205 e. The Balaban J connectivity index is 1.73. The van der Waals surface area contributed by atoms with Gasteiger partial charge in [0.05, 0.1) is 0 Å². The highest BCUT2D eigenvalue weighted by molar-refractivity contribution is 5.72. The molecule has 5 rings (SSSR count). The van der Waals surface area contributed by atoms with Crippen LogP contribution in [-0.2, 0) is 7.05 Å². The summed E-state index contributed by atoms with van der Waals surface area (Å²) in [5.41, 5.74) is 6.66. The van der Waals surface area contributed by atoms with Crippen molar-refractivity contribution in [3.05, 3.63) is 77.1 Å². The second-order valence-electron chi connectivity index (χ2n) is 7.81. The first-order valence-corrected chi connectivity index (χ1v) is 10.1. The molecule has 5 aromatic rings. The lowest BCUT2D eigenvalue weighted by molar-refractivity contribution is 0.739. The third-order valence-corrected chi connectivity index (χ3v) is 5.45. The number of nitrogens with zero attached hydrogens (tertiary/aromatic N) is 7. The minimum Gasteiger partial charge on any atom is -0.378 e. The van der Waals surface area contributed by atoms with Crippen molar-refractivity contribution >= 4 is 17.4 Å². The molecule has 0 N–H and O–H groups in total. The normalized spacial score (nSPS) is 12.1. The molecule has 0 aliphatic carbocycles. The molecule has 0 saturated carbocycles. The molecule has 0 saturated heterocycles. The second-order valence-corrected chi connectivity index (χ2v) is 7.81. The molecule has 0 radical (unpaired) electrons. The third-order valence-electron chi connectivity index (χ3n) is 5.45. The minimum atomic E-state index is 0.637. The fraction of sp³-hybridized carbons (Fsp3) is 0.167. The Bertz CT molecular complexity index is 1390. The van der Waals surface area contributed by atoms with Crippen LogP contribution >= 0.6 is 0 Å². The average molecular weight is 409 g/mol. The van der Waals surface area contributed by atoms with Crippen molar-refractivity contribution in [3.63, 3.8) is 0 Å². The minimum absolute atomic E-state index is 0.637. The summed E-state index contributed by atoms with van der Waals surface area (Å²) in [4.78, 5) is 2.08. The van der Waals surface area contributed by atoms with E-state index >= 15 is 0 Å². The van der Waals surface area contributed by atoms with Gasteiger partial charge in [0.15, 0.2) is 5.65 Å². The fourth-order valence-corrected chi connectivity index (χ4v) is 3.61. The van der Waals surface area contributed by atoms with Crippen LogP contribution in [0.2, 0.25) is 0 Å². The van der Waals surface area contributed by atoms with Crippen LogP contribution in [0, 0.1) is 6.92 Å². The van der Waals surface area contributed by atoms with Crippen molar-refractivity contribution in [2.45, 2.75) is 6.92 Å². The molecule has 0 spiro atoms. The zero-order valence-corrected chi connectivity index (χ0v) is 18.0. The number of anilines is 1. The largest absolute Gasteiger partial charge is 0.378 e. The Morgan fingerprint density at radius 2 is 1.65 bits per heavy atom. The van der Waals surface area contributed by atoms with Crippen LogP contribution in [0.15, 0.2) is 60.7 Å². The lowest BCUT2D eigenvalue weighted by Gasteiger charge is -2.11. The molecule has 0 aliphatic rings. The quantitative estimate of drug-likeness (QED) is 0.456. The van der Waals surface area contributed by atoms with Gasteiger partial charge in [-0.1, -0.05) is 42.5 Å². The van der Waals surface area contributed by atoms with Crippen molar-refractivity contribution in [1.29, 1.82) is 0 Å². The zero-order chi connectivity index (χ0) is 21.5. The van der Waals surface area contributed by atoms with E-state index in [0.29, 0.717) is 11.5 Å². The van der Waals surface area contributed by atoms with Crippen LogP contribution in [-0.4, -0.2) is 43.7 Å². The maximum absolute atomic E-state index is 4.90. The van der Waals surface area contributed by atoms with E-state index in [1.165, 1.54) is 0 Å². The highest BCUT2D eigenvalue weighted by atomic mass is 15.4. The van der Waals surface area contributed by atoms with Gasteiger partial charge in [0.25, 0.3) is 0 Å². The molecule has 3 aromatic heterocycles. The van der Waals surface area contributed by atoms with E-state index in [1.807, 2.05) is 57.0 Å².